The molecular weight excluding hydrogens is 218 g/mol. The van der Waals surface area contributed by atoms with Gasteiger partial charge in [0.05, 0.1) is 5.56 Å². The molecule has 0 bridgehead atoms. The third-order valence-electron chi connectivity index (χ3n) is 1.90. The molecule has 1 rings (SSSR count). The summed E-state index contributed by atoms with van der Waals surface area (Å²) < 4.78 is 0. The largest absolute Gasteiger partial charge is 0.477 e. The molecule has 0 heterocycles. The van der Waals surface area contributed by atoms with E-state index >= 15 is 0 Å². The minimum absolute atomic E-state index is 0.221. The molecule has 1 aromatic rings. The number of nitrogens with zero attached hydrogens (tertiary/aromatic N) is 2. The van der Waals surface area contributed by atoms with Gasteiger partial charge in [-0.2, -0.15) is 0 Å². The van der Waals surface area contributed by atoms with Crippen LogP contribution in [0.25, 0.3) is 0 Å². The van der Waals surface area contributed by atoms with Gasteiger partial charge < -0.3 is 5.73 Å². The maximum absolute atomic E-state index is 10.9. The Labute approximate surface area is 89.0 Å². The standard InChI is InChI=1S/C8H7N3O5/c9-7(12)5-3-1-2-4-6(5)8(10(13)14)11(15)16/h1-4,8H,(H2,9,12). The van der Waals surface area contributed by atoms with Gasteiger partial charge in [0, 0.05) is 0 Å². The average Bonchev–Trinajstić information content (AvgIpc) is 2.17. The first-order valence-corrected chi connectivity index (χ1v) is 4.11. The van der Waals surface area contributed by atoms with Gasteiger partial charge in [-0.3, -0.25) is 25.0 Å². The molecule has 0 aliphatic carbocycles. The first kappa shape index (κ1) is 11.6. The van der Waals surface area contributed by atoms with E-state index in [4.69, 9.17) is 5.73 Å². The van der Waals surface area contributed by atoms with E-state index in [1.807, 2.05) is 0 Å². The second-order valence-electron chi connectivity index (χ2n) is 2.90. The molecule has 0 spiro atoms. The van der Waals surface area contributed by atoms with Crippen LogP contribution in [0.1, 0.15) is 22.1 Å². The van der Waals surface area contributed by atoms with Crippen molar-refractivity contribution in [2.24, 2.45) is 5.73 Å². The molecule has 0 aliphatic heterocycles. The van der Waals surface area contributed by atoms with Crippen LogP contribution >= 0.6 is 0 Å². The molecule has 84 valence electrons. The third-order valence-corrected chi connectivity index (χ3v) is 1.90. The fraction of sp³-hybridized carbons (Fsp3) is 0.125. The second-order valence-corrected chi connectivity index (χ2v) is 2.90. The molecule has 0 saturated heterocycles. The van der Waals surface area contributed by atoms with Crippen LogP contribution in [0.5, 0.6) is 0 Å². The zero-order valence-corrected chi connectivity index (χ0v) is 7.90. The highest BCUT2D eigenvalue weighted by Gasteiger charge is 2.37. The van der Waals surface area contributed by atoms with Gasteiger partial charge >= 0.3 is 6.17 Å². The summed E-state index contributed by atoms with van der Waals surface area (Å²) in [5.41, 5.74) is 4.43. The molecular formula is C8H7N3O5. The second kappa shape index (κ2) is 4.34. The zero-order chi connectivity index (χ0) is 12.3. The molecule has 0 saturated carbocycles. The summed E-state index contributed by atoms with van der Waals surface area (Å²) in [5.74, 6) is -0.940. The number of amides is 1. The number of carbonyl (C=O) groups excluding carboxylic acids is 1. The monoisotopic (exact) mass is 225 g/mol. The number of nitro groups is 2. The van der Waals surface area contributed by atoms with Gasteiger partial charge in [0.2, 0.25) is 5.91 Å². The van der Waals surface area contributed by atoms with Crippen molar-refractivity contribution in [3.63, 3.8) is 0 Å². The number of carbonyl (C=O) groups is 1. The van der Waals surface area contributed by atoms with E-state index in [-0.39, 0.29) is 11.1 Å². The number of benzene rings is 1. The summed E-state index contributed by atoms with van der Waals surface area (Å²) in [7, 11) is 0. The summed E-state index contributed by atoms with van der Waals surface area (Å²) in [4.78, 5) is 29.8. The summed E-state index contributed by atoms with van der Waals surface area (Å²) in [5, 5.41) is 21.1. The third kappa shape index (κ3) is 2.11. The van der Waals surface area contributed by atoms with Crippen LogP contribution < -0.4 is 5.73 Å². The van der Waals surface area contributed by atoms with Crippen molar-refractivity contribution in [3.05, 3.63) is 55.6 Å². The number of hydrogen-bond acceptors (Lipinski definition) is 5. The summed E-state index contributed by atoms with van der Waals surface area (Å²) >= 11 is 0. The maximum Gasteiger partial charge on any atom is 0.477 e. The minimum atomic E-state index is -2.18. The fourth-order valence-corrected chi connectivity index (χ4v) is 1.25. The summed E-state index contributed by atoms with van der Waals surface area (Å²) in [6, 6.07) is 5.12. The number of primary amides is 1. The number of nitrogens with two attached hydrogens (primary N) is 1. The van der Waals surface area contributed by atoms with E-state index in [1.165, 1.54) is 18.2 Å². The lowest BCUT2D eigenvalue weighted by atomic mass is 10.1. The highest BCUT2D eigenvalue weighted by Crippen LogP contribution is 2.20. The van der Waals surface area contributed by atoms with Crippen molar-refractivity contribution in [2.45, 2.75) is 6.17 Å². The Morgan fingerprint density at radius 1 is 1.19 bits per heavy atom. The van der Waals surface area contributed by atoms with Crippen molar-refractivity contribution >= 4 is 5.91 Å². The van der Waals surface area contributed by atoms with Crippen LogP contribution in [0.3, 0.4) is 0 Å². The highest BCUT2D eigenvalue weighted by molar-refractivity contribution is 5.94. The van der Waals surface area contributed by atoms with E-state index in [1.54, 1.807) is 0 Å². The predicted octanol–water partition coefficient (Wildman–Crippen LogP) is 0.337. The summed E-state index contributed by atoms with van der Waals surface area (Å²) in [6.45, 7) is 0. The Hall–Kier alpha value is -2.51. The Morgan fingerprint density at radius 3 is 2.12 bits per heavy atom. The van der Waals surface area contributed by atoms with E-state index in [0.29, 0.717) is 0 Å². The summed E-state index contributed by atoms with van der Waals surface area (Å²) in [6.07, 6.45) is -2.18. The Bertz CT molecular complexity index is 445. The van der Waals surface area contributed by atoms with Gasteiger partial charge in [0.25, 0.3) is 0 Å². The smallest absolute Gasteiger partial charge is 0.366 e. The number of hydrogen-bond donors (Lipinski definition) is 1. The molecule has 0 aromatic heterocycles. The van der Waals surface area contributed by atoms with Crippen molar-refractivity contribution in [3.8, 4) is 0 Å². The molecule has 8 nitrogen and oxygen atoms in total. The van der Waals surface area contributed by atoms with Crippen molar-refractivity contribution < 1.29 is 14.6 Å². The van der Waals surface area contributed by atoms with Crippen molar-refractivity contribution in [1.29, 1.82) is 0 Å². The highest BCUT2D eigenvalue weighted by atomic mass is 16.7. The molecule has 0 aliphatic rings. The minimum Gasteiger partial charge on any atom is -0.366 e. The fourth-order valence-electron chi connectivity index (χ4n) is 1.25. The lowest BCUT2D eigenvalue weighted by Crippen LogP contribution is -2.24. The lowest BCUT2D eigenvalue weighted by Gasteiger charge is -2.05. The normalized spacial score (nSPS) is 10.1. The molecule has 0 radical (unpaired) electrons. The number of rotatable bonds is 4. The van der Waals surface area contributed by atoms with Gasteiger partial charge in [0.15, 0.2) is 0 Å². The molecule has 0 atom stereocenters. The molecule has 0 fully saturated rings. The van der Waals surface area contributed by atoms with Crippen LogP contribution in [-0.2, 0) is 0 Å². The van der Waals surface area contributed by atoms with Gasteiger partial charge in [-0.15, -0.1) is 0 Å². The first-order chi connectivity index (χ1) is 7.45. The predicted molar refractivity (Wildman–Crippen MR) is 51.7 cm³/mol. The van der Waals surface area contributed by atoms with Crippen molar-refractivity contribution in [2.75, 3.05) is 0 Å². The Kier molecular flexibility index (Phi) is 3.14. The van der Waals surface area contributed by atoms with E-state index in [2.05, 4.69) is 0 Å². The van der Waals surface area contributed by atoms with Gasteiger partial charge in [0.1, 0.15) is 15.4 Å². The van der Waals surface area contributed by atoms with E-state index in [0.717, 1.165) is 6.07 Å². The Morgan fingerprint density at radius 2 is 1.69 bits per heavy atom. The van der Waals surface area contributed by atoms with Gasteiger partial charge in [-0.25, -0.2) is 0 Å². The quantitative estimate of drug-likeness (QED) is 0.448. The SMILES string of the molecule is NC(=O)c1ccccc1C([N+](=O)[O-])[N+](=O)[O-]. The molecule has 1 aromatic carbocycles. The Balaban J connectivity index is 3.35. The van der Waals surface area contributed by atoms with Crippen LogP contribution in [-0.4, -0.2) is 15.8 Å². The topological polar surface area (TPSA) is 129 Å². The average molecular weight is 225 g/mol. The molecule has 8 heteroatoms. The van der Waals surface area contributed by atoms with Gasteiger partial charge in [-0.1, -0.05) is 12.1 Å². The molecule has 2 N–H and O–H groups in total. The van der Waals surface area contributed by atoms with E-state index in [9.17, 15) is 25.0 Å². The molecule has 1 amide bonds. The van der Waals surface area contributed by atoms with Crippen LogP contribution in [0.2, 0.25) is 0 Å². The van der Waals surface area contributed by atoms with Crippen molar-refractivity contribution in [1.82, 2.24) is 0 Å². The maximum atomic E-state index is 10.9. The molecule has 16 heavy (non-hydrogen) atoms. The van der Waals surface area contributed by atoms with Crippen LogP contribution in [0.15, 0.2) is 24.3 Å². The zero-order valence-electron chi connectivity index (χ0n) is 7.90. The molecule has 0 unspecified atom stereocenters. The lowest BCUT2D eigenvalue weighted by molar-refractivity contribution is -0.752. The van der Waals surface area contributed by atoms with Gasteiger partial charge in [-0.05, 0) is 12.1 Å². The van der Waals surface area contributed by atoms with Crippen LogP contribution in [0.4, 0.5) is 0 Å². The first-order valence-electron chi connectivity index (χ1n) is 4.11. The van der Waals surface area contributed by atoms with Crippen LogP contribution in [0, 0.1) is 20.2 Å². The van der Waals surface area contributed by atoms with E-state index < -0.39 is 21.9 Å².